The van der Waals surface area contributed by atoms with E-state index in [4.69, 9.17) is 4.74 Å². The first-order chi connectivity index (χ1) is 10.5. The van der Waals surface area contributed by atoms with Crippen LogP contribution >= 0.6 is 0 Å². The third-order valence-electron chi connectivity index (χ3n) is 4.60. The maximum absolute atomic E-state index is 12.2. The Hall–Kier alpha value is -1.82. The van der Waals surface area contributed by atoms with E-state index in [9.17, 15) is 9.90 Å². The van der Waals surface area contributed by atoms with Crippen LogP contribution in [-0.4, -0.2) is 54.4 Å². The molecule has 1 aromatic rings. The Balaban J connectivity index is 1.84. The molecule has 1 aliphatic heterocycles. The smallest absolute Gasteiger partial charge is 0.317 e. The molecular weight excluding hydrogens is 282 g/mol. The molecule has 6 heteroatoms. The molecule has 2 rings (SSSR count). The third kappa shape index (κ3) is 3.50. The van der Waals surface area contributed by atoms with Crippen molar-refractivity contribution in [2.45, 2.75) is 20.3 Å². The summed E-state index contributed by atoms with van der Waals surface area (Å²) in [6.07, 6.45) is 2.35. The molecule has 1 aliphatic rings. The van der Waals surface area contributed by atoms with Gasteiger partial charge in [-0.25, -0.2) is 9.78 Å². The van der Waals surface area contributed by atoms with Crippen molar-refractivity contribution in [2.75, 3.05) is 33.4 Å². The second-order valence-electron chi connectivity index (χ2n) is 6.25. The number of likely N-dealkylation sites (tertiary alicyclic amines) is 1. The molecular formula is C16H25N3O3. The Morgan fingerprint density at radius 3 is 3.05 bits per heavy atom. The van der Waals surface area contributed by atoms with Gasteiger partial charge in [-0.3, -0.25) is 0 Å². The molecule has 1 saturated heterocycles. The number of rotatable bonds is 5. The summed E-state index contributed by atoms with van der Waals surface area (Å²) >= 11 is 0. The molecule has 0 radical (unpaired) electrons. The highest BCUT2D eigenvalue weighted by atomic mass is 16.5. The van der Waals surface area contributed by atoms with E-state index in [1.54, 1.807) is 18.2 Å². The second kappa shape index (κ2) is 6.96. The van der Waals surface area contributed by atoms with E-state index in [0.29, 0.717) is 37.9 Å². The van der Waals surface area contributed by atoms with Gasteiger partial charge in [0.05, 0.1) is 13.7 Å². The van der Waals surface area contributed by atoms with Gasteiger partial charge in [-0.15, -0.1) is 0 Å². The van der Waals surface area contributed by atoms with Gasteiger partial charge in [0.15, 0.2) is 0 Å². The minimum atomic E-state index is -0.204. The van der Waals surface area contributed by atoms with Gasteiger partial charge in [0, 0.05) is 36.8 Å². The molecule has 0 spiro atoms. The van der Waals surface area contributed by atoms with Crippen molar-refractivity contribution in [3.63, 3.8) is 0 Å². The Kier molecular flexibility index (Phi) is 5.24. The number of carbonyl (C=O) groups excluding carboxylic acids is 1. The lowest BCUT2D eigenvalue weighted by molar-refractivity contribution is 0.119. The summed E-state index contributed by atoms with van der Waals surface area (Å²) in [6.45, 7) is 5.99. The van der Waals surface area contributed by atoms with Gasteiger partial charge in [-0.1, -0.05) is 19.9 Å². The van der Waals surface area contributed by atoms with Crippen LogP contribution in [0.3, 0.4) is 0 Å². The van der Waals surface area contributed by atoms with Crippen molar-refractivity contribution < 1.29 is 14.6 Å². The molecule has 2 amide bonds. The number of ether oxygens (including phenoxy) is 1. The molecule has 2 atom stereocenters. The number of methoxy groups -OCH3 is 1. The highest BCUT2D eigenvalue weighted by Gasteiger charge is 2.41. The SMILES string of the molecule is COc1ncccc1CCNC(=O)N1CC(C)C(C)(CO)C1. The van der Waals surface area contributed by atoms with E-state index in [1.165, 1.54) is 0 Å². The largest absolute Gasteiger partial charge is 0.481 e. The highest BCUT2D eigenvalue weighted by molar-refractivity contribution is 5.74. The van der Waals surface area contributed by atoms with Crippen LogP contribution in [0.25, 0.3) is 0 Å². The number of aliphatic hydroxyl groups is 1. The van der Waals surface area contributed by atoms with E-state index in [0.717, 1.165) is 5.56 Å². The molecule has 122 valence electrons. The summed E-state index contributed by atoms with van der Waals surface area (Å²) in [5, 5.41) is 12.4. The number of nitrogens with zero attached hydrogens (tertiary/aromatic N) is 2. The van der Waals surface area contributed by atoms with Crippen LogP contribution in [0.15, 0.2) is 18.3 Å². The van der Waals surface area contributed by atoms with Gasteiger partial charge in [0.25, 0.3) is 0 Å². The Morgan fingerprint density at radius 1 is 1.64 bits per heavy atom. The molecule has 2 unspecified atom stereocenters. The van der Waals surface area contributed by atoms with Gasteiger partial charge in [0.1, 0.15) is 0 Å². The van der Waals surface area contributed by atoms with E-state index < -0.39 is 0 Å². The third-order valence-corrected chi connectivity index (χ3v) is 4.60. The quantitative estimate of drug-likeness (QED) is 0.859. The number of hydrogen-bond donors (Lipinski definition) is 2. The maximum Gasteiger partial charge on any atom is 0.317 e. The number of urea groups is 1. The van der Waals surface area contributed by atoms with E-state index in [-0.39, 0.29) is 18.1 Å². The van der Waals surface area contributed by atoms with Crippen LogP contribution in [0.5, 0.6) is 5.88 Å². The number of hydrogen-bond acceptors (Lipinski definition) is 4. The maximum atomic E-state index is 12.2. The van der Waals surface area contributed by atoms with Crippen LogP contribution in [-0.2, 0) is 6.42 Å². The van der Waals surface area contributed by atoms with Crippen LogP contribution in [0.2, 0.25) is 0 Å². The number of aliphatic hydroxyl groups excluding tert-OH is 1. The average molecular weight is 307 g/mol. The normalized spacial score (nSPS) is 24.4. The van der Waals surface area contributed by atoms with Crippen molar-refractivity contribution in [1.82, 2.24) is 15.2 Å². The van der Waals surface area contributed by atoms with Gasteiger partial charge >= 0.3 is 6.03 Å². The molecule has 6 nitrogen and oxygen atoms in total. The average Bonchev–Trinajstić information content (AvgIpc) is 2.84. The first-order valence-electron chi connectivity index (χ1n) is 7.61. The van der Waals surface area contributed by atoms with Gasteiger partial charge < -0.3 is 20.1 Å². The van der Waals surface area contributed by atoms with Gasteiger partial charge in [0.2, 0.25) is 5.88 Å². The zero-order valence-electron chi connectivity index (χ0n) is 13.5. The standard InChI is InChI=1S/C16H25N3O3/c1-12-9-19(10-16(12,2)11-20)15(21)18-8-6-13-5-4-7-17-14(13)22-3/h4-5,7,12,20H,6,8-11H2,1-3H3,(H,18,21). The molecule has 1 aromatic heterocycles. The van der Waals surface area contributed by atoms with Crippen LogP contribution < -0.4 is 10.1 Å². The Labute approximate surface area is 131 Å². The molecule has 2 heterocycles. The van der Waals surface area contributed by atoms with Crippen molar-refractivity contribution >= 4 is 6.03 Å². The number of amides is 2. The molecule has 0 saturated carbocycles. The van der Waals surface area contributed by atoms with Crippen LogP contribution in [0, 0.1) is 11.3 Å². The summed E-state index contributed by atoms with van der Waals surface area (Å²) in [4.78, 5) is 18.1. The molecule has 2 N–H and O–H groups in total. The van der Waals surface area contributed by atoms with Gasteiger partial charge in [-0.2, -0.15) is 0 Å². The number of nitrogens with one attached hydrogen (secondary N) is 1. The fourth-order valence-electron chi connectivity index (χ4n) is 2.78. The first kappa shape index (κ1) is 16.5. The zero-order chi connectivity index (χ0) is 16.2. The fraction of sp³-hybridized carbons (Fsp3) is 0.625. The first-order valence-corrected chi connectivity index (χ1v) is 7.61. The Morgan fingerprint density at radius 2 is 2.41 bits per heavy atom. The van der Waals surface area contributed by atoms with Crippen molar-refractivity contribution in [3.8, 4) is 5.88 Å². The summed E-state index contributed by atoms with van der Waals surface area (Å²) in [7, 11) is 1.59. The topological polar surface area (TPSA) is 74.7 Å². The number of carbonyl (C=O) groups is 1. The Bertz CT molecular complexity index is 523. The van der Waals surface area contributed by atoms with Gasteiger partial charge in [-0.05, 0) is 18.4 Å². The minimum Gasteiger partial charge on any atom is -0.481 e. The molecule has 0 bridgehead atoms. The molecule has 0 aromatic carbocycles. The number of pyridine rings is 1. The van der Waals surface area contributed by atoms with Crippen molar-refractivity contribution in [2.24, 2.45) is 11.3 Å². The second-order valence-corrected chi connectivity index (χ2v) is 6.25. The lowest BCUT2D eigenvalue weighted by Gasteiger charge is -2.25. The van der Waals surface area contributed by atoms with Crippen molar-refractivity contribution in [1.29, 1.82) is 0 Å². The van der Waals surface area contributed by atoms with E-state index in [2.05, 4.69) is 17.2 Å². The minimum absolute atomic E-state index is 0.0770. The van der Waals surface area contributed by atoms with Crippen molar-refractivity contribution in [3.05, 3.63) is 23.9 Å². The lowest BCUT2D eigenvalue weighted by Crippen LogP contribution is -2.40. The van der Waals surface area contributed by atoms with E-state index >= 15 is 0 Å². The number of aromatic nitrogens is 1. The van der Waals surface area contributed by atoms with Crippen LogP contribution in [0.1, 0.15) is 19.4 Å². The summed E-state index contributed by atoms with van der Waals surface area (Å²) in [5.41, 5.74) is 0.768. The van der Waals surface area contributed by atoms with E-state index in [1.807, 2.05) is 19.1 Å². The molecule has 22 heavy (non-hydrogen) atoms. The monoisotopic (exact) mass is 307 g/mol. The molecule has 1 fully saturated rings. The van der Waals surface area contributed by atoms with Crippen LogP contribution in [0.4, 0.5) is 4.79 Å². The summed E-state index contributed by atoms with van der Waals surface area (Å²) in [6, 6.07) is 3.72. The molecule has 0 aliphatic carbocycles. The highest BCUT2D eigenvalue weighted by Crippen LogP contribution is 2.34. The summed E-state index contributed by atoms with van der Waals surface area (Å²) < 4.78 is 5.20. The predicted molar refractivity (Wildman–Crippen MR) is 83.8 cm³/mol. The zero-order valence-corrected chi connectivity index (χ0v) is 13.5. The lowest BCUT2D eigenvalue weighted by atomic mass is 9.82. The summed E-state index contributed by atoms with van der Waals surface area (Å²) in [5.74, 6) is 0.890. The predicted octanol–water partition coefficient (Wildman–Crippen LogP) is 1.29. The fourth-order valence-corrected chi connectivity index (χ4v) is 2.78.